The lowest BCUT2D eigenvalue weighted by molar-refractivity contribution is 0.514. The number of alkyl halides is 1. The van der Waals surface area contributed by atoms with Crippen molar-refractivity contribution < 1.29 is 0 Å². The molecule has 0 bridgehead atoms. The maximum atomic E-state index is 5.82. The molecule has 2 nitrogen and oxygen atoms in total. The number of nitrogens with zero attached hydrogens (tertiary/aromatic N) is 2. The number of imidazole rings is 1. The minimum Gasteiger partial charge on any atom is -0.325 e. The topological polar surface area (TPSA) is 17.8 Å². The highest BCUT2D eigenvalue weighted by Crippen LogP contribution is 2.32. The molecule has 0 unspecified atom stereocenters. The first-order chi connectivity index (χ1) is 7.31. The van der Waals surface area contributed by atoms with Crippen molar-refractivity contribution in [3.8, 4) is 0 Å². The Bertz CT molecular complexity index is 318. The first kappa shape index (κ1) is 11.3. The number of thioether (sulfide) groups is 1. The van der Waals surface area contributed by atoms with Gasteiger partial charge in [0.05, 0.1) is 17.8 Å². The van der Waals surface area contributed by atoms with Crippen LogP contribution in [0.3, 0.4) is 0 Å². The SMILES string of the molecule is Cn1c(CCl)cnc1SC1CCCCC1. The highest BCUT2D eigenvalue weighted by molar-refractivity contribution is 7.99. The minimum atomic E-state index is 0.550. The third kappa shape index (κ3) is 2.70. The van der Waals surface area contributed by atoms with Crippen LogP contribution in [0.1, 0.15) is 37.8 Å². The summed E-state index contributed by atoms with van der Waals surface area (Å²) in [6.45, 7) is 0. The van der Waals surface area contributed by atoms with Crippen molar-refractivity contribution in [3.05, 3.63) is 11.9 Å². The molecule has 1 fully saturated rings. The highest BCUT2D eigenvalue weighted by atomic mass is 35.5. The third-order valence-electron chi connectivity index (χ3n) is 3.00. The summed E-state index contributed by atoms with van der Waals surface area (Å²) in [7, 11) is 2.05. The summed E-state index contributed by atoms with van der Waals surface area (Å²) in [6.07, 6.45) is 8.74. The van der Waals surface area contributed by atoms with E-state index in [1.165, 1.54) is 32.1 Å². The molecule has 84 valence electrons. The second-order valence-corrected chi connectivity index (χ2v) is 5.64. The molecule has 1 aliphatic carbocycles. The summed E-state index contributed by atoms with van der Waals surface area (Å²) < 4.78 is 2.12. The number of rotatable bonds is 3. The van der Waals surface area contributed by atoms with Crippen LogP contribution >= 0.6 is 23.4 Å². The van der Waals surface area contributed by atoms with Crippen LogP contribution in [0.25, 0.3) is 0 Å². The molecule has 1 saturated carbocycles. The lowest BCUT2D eigenvalue weighted by Gasteiger charge is -2.20. The van der Waals surface area contributed by atoms with Gasteiger partial charge in [0.25, 0.3) is 0 Å². The van der Waals surface area contributed by atoms with Crippen LogP contribution in [0, 0.1) is 0 Å². The number of halogens is 1. The van der Waals surface area contributed by atoms with Gasteiger partial charge in [0, 0.05) is 12.3 Å². The quantitative estimate of drug-likeness (QED) is 0.757. The van der Waals surface area contributed by atoms with Gasteiger partial charge < -0.3 is 4.57 Å². The van der Waals surface area contributed by atoms with E-state index in [1.807, 2.05) is 18.0 Å². The van der Waals surface area contributed by atoms with Crippen LogP contribution in [0.4, 0.5) is 0 Å². The van der Waals surface area contributed by atoms with Crippen molar-refractivity contribution in [1.82, 2.24) is 9.55 Å². The second-order valence-electron chi connectivity index (χ2n) is 4.10. The van der Waals surface area contributed by atoms with Crippen molar-refractivity contribution in [1.29, 1.82) is 0 Å². The summed E-state index contributed by atoms with van der Waals surface area (Å²) in [5.74, 6) is 0.550. The van der Waals surface area contributed by atoms with Crippen LogP contribution < -0.4 is 0 Å². The van der Waals surface area contributed by atoms with Gasteiger partial charge in [0.15, 0.2) is 5.16 Å². The highest BCUT2D eigenvalue weighted by Gasteiger charge is 2.17. The summed E-state index contributed by atoms with van der Waals surface area (Å²) in [5, 5.41) is 1.89. The van der Waals surface area contributed by atoms with Gasteiger partial charge in [0.2, 0.25) is 0 Å². The summed E-state index contributed by atoms with van der Waals surface area (Å²) >= 11 is 7.74. The van der Waals surface area contributed by atoms with Gasteiger partial charge in [-0.25, -0.2) is 4.98 Å². The van der Waals surface area contributed by atoms with Crippen molar-refractivity contribution in [2.45, 2.75) is 48.4 Å². The standard InChI is InChI=1S/C11H17ClN2S/c1-14-9(7-12)8-13-11(14)15-10-5-3-2-4-6-10/h8,10H,2-7H2,1H3. The Balaban J connectivity index is 2.00. The van der Waals surface area contributed by atoms with Gasteiger partial charge in [-0.05, 0) is 12.8 Å². The zero-order valence-electron chi connectivity index (χ0n) is 9.08. The first-order valence-electron chi connectivity index (χ1n) is 5.54. The molecule has 1 aromatic heterocycles. The van der Waals surface area contributed by atoms with E-state index in [0.29, 0.717) is 5.88 Å². The fourth-order valence-corrected chi connectivity index (χ4v) is 3.50. The van der Waals surface area contributed by atoms with E-state index in [9.17, 15) is 0 Å². The number of aromatic nitrogens is 2. The largest absolute Gasteiger partial charge is 0.325 e. The molecular formula is C11H17ClN2S. The molecule has 1 heterocycles. The molecular weight excluding hydrogens is 228 g/mol. The van der Waals surface area contributed by atoms with Gasteiger partial charge in [-0.2, -0.15) is 0 Å². The smallest absolute Gasteiger partial charge is 0.168 e. The molecule has 15 heavy (non-hydrogen) atoms. The van der Waals surface area contributed by atoms with E-state index in [4.69, 9.17) is 11.6 Å². The van der Waals surface area contributed by atoms with E-state index >= 15 is 0 Å². The molecule has 0 radical (unpaired) electrons. The fraction of sp³-hybridized carbons (Fsp3) is 0.727. The summed E-state index contributed by atoms with van der Waals surface area (Å²) in [5.41, 5.74) is 1.11. The van der Waals surface area contributed by atoms with Crippen LogP contribution in [-0.2, 0) is 12.9 Å². The van der Waals surface area contributed by atoms with E-state index in [-0.39, 0.29) is 0 Å². The van der Waals surface area contributed by atoms with Gasteiger partial charge >= 0.3 is 0 Å². The van der Waals surface area contributed by atoms with Crippen molar-refractivity contribution in [2.75, 3.05) is 0 Å². The second kappa shape index (κ2) is 5.26. The van der Waals surface area contributed by atoms with E-state index in [0.717, 1.165) is 16.1 Å². The average molecular weight is 245 g/mol. The fourth-order valence-electron chi connectivity index (χ4n) is 1.99. The molecule has 0 aliphatic heterocycles. The Kier molecular flexibility index (Phi) is 3.98. The van der Waals surface area contributed by atoms with E-state index in [1.54, 1.807) is 0 Å². The molecule has 4 heteroatoms. The molecule has 0 amide bonds. The van der Waals surface area contributed by atoms with Crippen LogP contribution in [0.15, 0.2) is 11.4 Å². The summed E-state index contributed by atoms with van der Waals surface area (Å²) in [4.78, 5) is 4.42. The molecule has 0 aromatic carbocycles. The minimum absolute atomic E-state index is 0.550. The maximum absolute atomic E-state index is 5.82. The first-order valence-corrected chi connectivity index (χ1v) is 6.96. The van der Waals surface area contributed by atoms with Gasteiger partial charge in [0.1, 0.15) is 0 Å². The molecule has 0 N–H and O–H groups in total. The molecule has 0 spiro atoms. The normalized spacial score (nSPS) is 18.3. The molecule has 0 atom stereocenters. The zero-order valence-corrected chi connectivity index (χ0v) is 10.7. The molecule has 1 aliphatic rings. The lowest BCUT2D eigenvalue weighted by atomic mass is 10.0. The van der Waals surface area contributed by atoms with Crippen molar-refractivity contribution in [3.63, 3.8) is 0 Å². The molecule has 1 aromatic rings. The average Bonchev–Trinajstić information content (AvgIpc) is 2.62. The third-order valence-corrected chi connectivity index (χ3v) is 4.67. The van der Waals surface area contributed by atoms with Crippen molar-refractivity contribution >= 4 is 23.4 Å². The van der Waals surface area contributed by atoms with Crippen LogP contribution in [0.2, 0.25) is 0 Å². The Labute approximate surface area is 100 Å². The Morgan fingerprint density at radius 2 is 2.20 bits per heavy atom. The van der Waals surface area contributed by atoms with Gasteiger partial charge in [-0.3, -0.25) is 0 Å². The predicted molar refractivity (Wildman–Crippen MR) is 65.5 cm³/mol. The van der Waals surface area contributed by atoms with Gasteiger partial charge in [-0.15, -0.1) is 11.6 Å². The predicted octanol–water partition coefficient (Wildman–Crippen LogP) is 3.58. The van der Waals surface area contributed by atoms with E-state index < -0.39 is 0 Å². The molecule has 2 rings (SSSR count). The van der Waals surface area contributed by atoms with Crippen molar-refractivity contribution in [2.24, 2.45) is 7.05 Å². The molecule has 0 saturated heterocycles. The van der Waals surface area contributed by atoms with E-state index in [2.05, 4.69) is 16.6 Å². The Hall–Kier alpha value is -0.150. The maximum Gasteiger partial charge on any atom is 0.168 e. The van der Waals surface area contributed by atoms with Crippen LogP contribution in [-0.4, -0.2) is 14.8 Å². The van der Waals surface area contributed by atoms with Gasteiger partial charge in [-0.1, -0.05) is 31.0 Å². The lowest BCUT2D eigenvalue weighted by Crippen LogP contribution is -2.09. The monoisotopic (exact) mass is 244 g/mol. The number of hydrogen-bond donors (Lipinski definition) is 0. The Morgan fingerprint density at radius 1 is 1.47 bits per heavy atom. The Morgan fingerprint density at radius 3 is 2.80 bits per heavy atom. The van der Waals surface area contributed by atoms with Crippen LogP contribution in [0.5, 0.6) is 0 Å². The number of hydrogen-bond acceptors (Lipinski definition) is 2. The summed E-state index contributed by atoms with van der Waals surface area (Å²) in [6, 6.07) is 0. The zero-order chi connectivity index (χ0) is 10.7.